The minimum absolute atomic E-state index is 0.0564. The van der Waals surface area contributed by atoms with Gasteiger partial charge in [0.1, 0.15) is 5.75 Å². The van der Waals surface area contributed by atoms with Crippen LogP contribution in [0.25, 0.3) is 0 Å². The fraction of sp³-hybridized carbons (Fsp3) is 0.533. The number of benzene rings is 1. The third-order valence-corrected chi connectivity index (χ3v) is 4.01. The predicted octanol–water partition coefficient (Wildman–Crippen LogP) is 2.34. The molecule has 0 spiro atoms. The van der Waals surface area contributed by atoms with Crippen LogP contribution in [0, 0.1) is 0 Å². The van der Waals surface area contributed by atoms with Gasteiger partial charge in [-0.25, -0.2) is 0 Å². The highest BCUT2D eigenvalue weighted by atomic mass is 79.9. The summed E-state index contributed by atoms with van der Waals surface area (Å²) in [5.74, 6) is 0.794. The molecule has 1 aliphatic heterocycles. The molecular weight excluding hydrogens is 320 g/mol. The fourth-order valence-corrected chi connectivity index (χ4v) is 2.94. The number of hydrogen-bond acceptors (Lipinski definition) is 3. The second-order valence-corrected chi connectivity index (χ2v) is 6.14. The molecule has 1 unspecified atom stereocenters. The number of halogens is 1. The summed E-state index contributed by atoms with van der Waals surface area (Å²) < 4.78 is 6.61. The van der Waals surface area contributed by atoms with E-state index in [1.807, 2.05) is 30.0 Å². The Morgan fingerprint density at radius 1 is 1.45 bits per heavy atom. The Balaban J connectivity index is 2.02. The molecule has 1 heterocycles. The van der Waals surface area contributed by atoms with Crippen LogP contribution in [-0.2, 0) is 11.2 Å². The number of carbonyl (C=O) groups excluding carboxylic acids is 1. The van der Waals surface area contributed by atoms with E-state index in [1.54, 1.807) is 0 Å². The molecule has 0 bridgehead atoms. The number of carbonyl (C=O) groups is 1. The van der Waals surface area contributed by atoms with Crippen molar-refractivity contribution in [1.29, 1.82) is 0 Å². The molecule has 4 nitrogen and oxygen atoms in total. The molecule has 20 heavy (non-hydrogen) atoms. The summed E-state index contributed by atoms with van der Waals surface area (Å²) in [7, 11) is 0. The standard InChI is InChI=1S/C15H21BrN2O2/c1-11(17)9-12-5-4-6-13(16)15(12)20-10-14(19)18-7-2-3-8-18/h4-6,11H,2-3,7-10,17H2,1H3. The van der Waals surface area contributed by atoms with E-state index in [2.05, 4.69) is 15.9 Å². The molecule has 0 aliphatic carbocycles. The third-order valence-electron chi connectivity index (χ3n) is 3.39. The maximum atomic E-state index is 12.0. The maximum Gasteiger partial charge on any atom is 0.260 e. The molecule has 0 radical (unpaired) electrons. The number of nitrogens with two attached hydrogens (primary N) is 1. The highest BCUT2D eigenvalue weighted by molar-refractivity contribution is 9.10. The molecule has 0 aromatic heterocycles. The van der Waals surface area contributed by atoms with E-state index in [-0.39, 0.29) is 18.6 Å². The number of hydrogen-bond donors (Lipinski definition) is 1. The van der Waals surface area contributed by atoms with Crippen molar-refractivity contribution in [2.75, 3.05) is 19.7 Å². The number of amides is 1. The van der Waals surface area contributed by atoms with Crippen molar-refractivity contribution in [2.45, 2.75) is 32.2 Å². The van der Waals surface area contributed by atoms with Gasteiger partial charge in [-0.05, 0) is 53.7 Å². The van der Waals surface area contributed by atoms with Crippen molar-refractivity contribution in [3.05, 3.63) is 28.2 Å². The van der Waals surface area contributed by atoms with Crippen LogP contribution in [0.3, 0.4) is 0 Å². The molecule has 1 atom stereocenters. The van der Waals surface area contributed by atoms with Gasteiger partial charge in [-0.3, -0.25) is 4.79 Å². The van der Waals surface area contributed by atoms with Gasteiger partial charge >= 0.3 is 0 Å². The SMILES string of the molecule is CC(N)Cc1cccc(Br)c1OCC(=O)N1CCCC1. The van der Waals surface area contributed by atoms with Crippen LogP contribution in [0.5, 0.6) is 5.75 Å². The second kappa shape index (κ2) is 7.09. The van der Waals surface area contributed by atoms with E-state index in [4.69, 9.17) is 10.5 Å². The molecule has 110 valence electrons. The zero-order valence-corrected chi connectivity index (χ0v) is 13.4. The Bertz CT molecular complexity index is 471. The molecule has 1 amide bonds. The van der Waals surface area contributed by atoms with Crippen LogP contribution in [0.15, 0.2) is 22.7 Å². The van der Waals surface area contributed by atoms with E-state index < -0.39 is 0 Å². The van der Waals surface area contributed by atoms with Gasteiger partial charge in [0.15, 0.2) is 6.61 Å². The lowest BCUT2D eigenvalue weighted by Crippen LogP contribution is -2.32. The molecule has 1 aliphatic rings. The number of ether oxygens (including phenoxy) is 1. The minimum atomic E-state index is 0.0564. The lowest BCUT2D eigenvalue weighted by molar-refractivity contribution is -0.132. The van der Waals surface area contributed by atoms with Crippen LogP contribution in [0.1, 0.15) is 25.3 Å². The fourth-order valence-electron chi connectivity index (χ4n) is 2.41. The van der Waals surface area contributed by atoms with Crippen molar-refractivity contribution in [3.63, 3.8) is 0 Å². The van der Waals surface area contributed by atoms with Crippen LogP contribution < -0.4 is 10.5 Å². The summed E-state index contributed by atoms with van der Waals surface area (Å²) in [4.78, 5) is 13.9. The minimum Gasteiger partial charge on any atom is -0.482 e. The molecule has 0 saturated carbocycles. The number of likely N-dealkylation sites (tertiary alicyclic amines) is 1. The molecule has 5 heteroatoms. The van der Waals surface area contributed by atoms with Crippen LogP contribution >= 0.6 is 15.9 Å². The predicted molar refractivity (Wildman–Crippen MR) is 82.8 cm³/mol. The first-order valence-electron chi connectivity index (χ1n) is 7.01. The molecule has 1 aromatic rings. The van der Waals surface area contributed by atoms with E-state index in [1.165, 1.54) is 0 Å². The number of rotatable bonds is 5. The Kier molecular flexibility index (Phi) is 5.43. The Hall–Kier alpha value is -1.07. The smallest absolute Gasteiger partial charge is 0.260 e. The largest absolute Gasteiger partial charge is 0.482 e. The van der Waals surface area contributed by atoms with E-state index >= 15 is 0 Å². The monoisotopic (exact) mass is 340 g/mol. The molecule has 2 N–H and O–H groups in total. The highest BCUT2D eigenvalue weighted by Gasteiger charge is 2.19. The summed E-state index contributed by atoms with van der Waals surface area (Å²) in [6.45, 7) is 3.75. The summed E-state index contributed by atoms with van der Waals surface area (Å²) in [5.41, 5.74) is 6.88. The van der Waals surface area contributed by atoms with Crippen molar-refractivity contribution in [2.24, 2.45) is 5.73 Å². The van der Waals surface area contributed by atoms with Crippen molar-refractivity contribution < 1.29 is 9.53 Å². The first kappa shape index (κ1) is 15.3. The summed E-state index contributed by atoms with van der Waals surface area (Å²) in [5, 5.41) is 0. The Morgan fingerprint density at radius 2 is 2.15 bits per heavy atom. The quantitative estimate of drug-likeness (QED) is 0.894. The molecule has 1 saturated heterocycles. The van der Waals surface area contributed by atoms with Crippen molar-refractivity contribution >= 4 is 21.8 Å². The van der Waals surface area contributed by atoms with E-state index in [9.17, 15) is 4.79 Å². The average molecular weight is 341 g/mol. The van der Waals surface area contributed by atoms with Crippen molar-refractivity contribution in [3.8, 4) is 5.75 Å². The summed E-state index contributed by atoms with van der Waals surface area (Å²) in [6.07, 6.45) is 2.92. The average Bonchev–Trinajstić information content (AvgIpc) is 2.91. The topological polar surface area (TPSA) is 55.6 Å². The first-order chi connectivity index (χ1) is 9.58. The van der Waals surface area contributed by atoms with Gasteiger partial charge in [0.05, 0.1) is 4.47 Å². The zero-order valence-electron chi connectivity index (χ0n) is 11.8. The summed E-state index contributed by atoms with van der Waals surface area (Å²) >= 11 is 3.48. The van der Waals surface area contributed by atoms with Gasteiger partial charge in [-0.1, -0.05) is 12.1 Å². The third kappa shape index (κ3) is 3.96. The van der Waals surface area contributed by atoms with Gasteiger partial charge in [0, 0.05) is 19.1 Å². The maximum absolute atomic E-state index is 12.0. The van der Waals surface area contributed by atoms with Crippen LogP contribution in [0.2, 0.25) is 0 Å². The van der Waals surface area contributed by atoms with Crippen LogP contribution in [-0.4, -0.2) is 36.5 Å². The summed E-state index contributed by atoms with van der Waals surface area (Å²) in [6, 6.07) is 5.92. The Labute approximate surface area is 128 Å². The van der Waals surface area contributed by atoms with Crippen molar-refractivity contribution in [1.82, 2.24) is 4.90 Å². The first-order valence-corrected chi connectivity index (χ1v) is 7.81. The van der Waals surface area contributed by atoms with Crippen LogP contribution in [0.4, 0.5) is 0 Å². The molecule has 1 fully saturated rings. The van der Waals surface area contributed by atoms with E-state index in [0.29, 0.717) is 0 Å². The van der Waals surface area contributed by atoms with Gasteiger partial charge in [-0.2, -0.15) is 0 Å². The van der Waals surface area contributed by atoms with Gasteiger partial charge < -0.3 is 15.4 Å². The molecular formula is C15H21BrN2O2. The second-order valence-electron chi connectivity index (χ2n) is 5.29. The van der Waals surface area contributed by atoms with Gasteiger partial charge in [0.25, 0.3) is 5.91 Å². The lowest BCUT2D eigenvalue weighted by atomic mass is 10.1. The van der Waals surface area contributed by atoms with Gasteiger partial charge in [-0.15, -0.1) is 0 Å². The normalized spacial score (nSPS) is 16.2. The molecule has 1 aromatic carbocycles. The number of nitrogens with zero attached hydrogens (tertiary/aromatic N) is 1. The highest BCUT2D eigenvalue weighted by Crippen LogP contribution is 2.30. The van der Waals surface area contributed by atoms with Gasteiger partial charge in [0.2, 0.25) is 0 Å². The zero-order chi connectivity index (χ0) is 14.5. The Morgan fingerprint density at radius 3 is 2.80 bits per heavy atom. The number of para-hydroxylation sites is 1. The van der Waals surface area contributed by atoms with E-state index in [0.717, 1.165) is 48.1 Å². The lowest BCUT2D eigenvalue weighted by Gasteiger charge is -2.18. The molecule has 2 rings (SSSR count).